The van der Waals surface area contributed by atoms with Gasteiger partial charge < -0.3 is 19.2 Å². The van der Waals surface area contributed by atoms with E-state index < -0.39 is 68.5 Å². The van der Waals surface area contributed by atoms with Crippen LogP contribution >= 0.6 is 0 Å². The molecular weight excluding hydrogens is 699 g/mol. The smallest absolute Gasteiger partial charge is 0.339 e. The van der Waals surface area contributed by atoms with Gasteiger partial charge in [0.15, 0.2) is 28.2 Å². The first kappa shape index (κ1) is 35.3. The van der Waals surface area contributed by atoms with Crippen molar-refractivity contribution in [2.45, 2.75) is 36.9 Å². The summed E-state index contributed by atoms with van der Waals surface area (Å²) in [5.41, 5.74) is 2.65. The second kappa shape index (κ2) is 14.4. The number of aromatic carboxylic acids is 1. The average Bonchev–Trinajstić information content (AvgIpc) is 3.86. The van der Waals surface area contributed by atoms with E-state index in [1.807, 2.05) is 0 Å². The van der Waals surface area contributed by atoms with Crippen molar-refractivity contribution in [2.75, 3.05) is 11.4 Å². The highest BCUT2D eigenvalue weighted by atomic mass is 32.2. The molecule has 1 aromatic heterocycles. The summed E-state index contributed by atoms with van der Waals surface area (Å²) in [5, 5.41) is 9.87. The predicted octanol–water partition coefficient (Wildman–Crippen LogP) is 7.31. The van der Waals surface area contributed by atoms with Crippen molar-refractivity contribution < 1.29 is 54.2 Å². The van der Waals surface area contributed by atoms with E-state index in [1.54, 1.807) is 60.7 Å². The molecule has 0 spiro atoms. The third-order valence-corrected chi connectivity index (χ3v) is 10.3. The average molecular weight is 727 g/mol. The number of rotatable bonds is 11. The van der Waals surface area contributed by atoms with Gasteiger partial charge in [0, 0.05) is 23.9 Å². The van der Waals surface area contributed by atoms with Crippen molar-refractivity contribution in [3.05, 3.63) is 137 Å². The number of hydrogen-bond donors (Lipinski definition) is 1. The molecule has 15 heteroatoms. The molecule has 1 fully saturated rings. The highest BCUT2D eigenvalue weighted by Gasteiger charge is 2.45. The monoisotopic (exact) mass is 726 g/mol. The van der Waals surface area contributed by atoms with Crippen LogP contribution in [0.3, 0.4) is 0 Å². The fraction of sp³-hybridized carbons (Fsp3) is 0.167. The molecule has 1 aliphatic rings. The molecule has 1 saturated heterocycles. The third-order valence-electron chi connectivity index (χ3n) is 8.38. The van der Waals surface area contributed by atoms with Crippen LogP contribution in [0, 0.1) is 29.1 Å². The zero-order chi connectivity index (χ0) is 36.4. The van der Waals surface area contributed by atoms with Gasteiger partial charge in [-0.15, -0.1) is 0 Å². The van der Waals surface area contributed by atoms with Gasteiger partial charge in [0.2, 0.25) is 21.7 Å². The summed E-state index contributed by atoms with van der Waals surface area (Å²) < 4.78 is 110. The zero-order valence-corrected chi connectivity index (χ0v) is 27.2. The summed E-state index contributed by atoms with van der Waals surface area (Å²) in [4.78, 5) is 25.6. The fourth-order valence-corrected chi connectivity index (χ4v) is 7.57. The van der Waals surface area contributed by atoms with Gasteiger partial charge in [-0.1, -0.05) is 54.6 Å². The lowest BCUT2D eigenvalue weighted by atomic mass is 10.1. The van der Waals surface area contributed by atoms with Crippen molar-refractivity contribution in [1.82, 2.24) is 4.31 Å². The van der Waals surface area contributed by atoms with Gasteiger partial charge in [-0.05, 0) is 47.7 Å². The lowest BCUT2D eigenvalue weighted by Crippen LogP contribution is -2.48. The maximum absolute atomic E-state index is 14.8. The van der Waals surface area contributed by atoms with E-state index in [-0.39, 0.29) is 43.0 Å². The number of carboxylic acid groups (broad SMARTS) is 1. The molecule has 1 atom stereocenters. The molecule has 0 radical (unpaired) electrons. The first-order valence-corrected chi connectivity index (χ1v) is 16.8. The van der Waals surface area contributed by atoms with Crippen molar-refractivity contribution in [2.24, 2.45) is 0 Å². The van der Waals surface area contributed by atoms with E-state index in [1.165, 1.54) is 30.7 Å². The molecule has 0 bridgehead atoms. The molecule has 0 aliphatic carbocycles. The Bertz CT molecular complexity index is 2170. The second-order valence-electron chi connectivity index (χ2n) is 11.6. The van der Waals surface area contributed by atoms with Gasteiger partial charge in [0.25, 0.3) is 0 Å². The summed E-state index contributed by atoms with van der Waals surface area (Å²) >= 11 is 0. The van der Waals surface area contributed by atoms with Gasteiger partial charge in [0.05, 0.1) is 19.1 Å². The van der Waals surface area contributed by atoms with Gasteiger partial charge in [0.1, 0.15) is 24.0 Å². The highest BCUT2D eigenvalue weighted by Crippen LogP contribution is 2.35. The molecule has 5 aromatic rings. The number of ether oxygens (including phenoxy) is 1. The number of nitrogens with zero attached hydrogens (tertiary/aromatic N) is 2. The minimum atomic E-state index is -5.46. The zero-order valence-electron chi connectivity index (χ0n) is 26.4. The normalized spacial score (nSPS) is 14.8. The molecule has 1 N–H and O–H groups in total. The first-order chi connectivity index (χ1) is 24.4. The van der Waals surface area contributed by atoms with Gasteiger partial charge in [-0.2, -0.15) is 4.31 Å². The Morgan fingerprint density at radius 3 is 2.14 bits per heavy atom. The number of furan rings is 1. The number of hydrogen-bond acceptors (Lipinski definition) is 6. The molecule has 0 saturated carbocycles. The van der Waals surface area contributed by atoms with Gasteiger partial charge >= 0.3 is 5.97 Å². The van der Waals surface area contributed by atoms with E-state index in [4.69, 9.17) is 9.15 Å². The summed E-state index contributed by atoms with van der Waals surface area (Å²) in [6.45, 7) is -0.707. The van der Waals surface area contributed by atoms with Crippen LogP contribution in [0.2, 0.25) is 0 Å². The molecular formula is C36H27F5N2O7S. The largest absolute Gasteiger partial charge is 0.488 e. The second-order valence-corrected chi connectivity index (χ2v) is 13.4. The third kappa shape index (κ3) is 6.94. The van der Waals surface area contributed by atoms with Crippen LogP contribution in [-0.2, 0) is 28.0 Å². The maximum atomic E-state index is 14.8. The Morgan fingerprint density at radius 2 is 1.51 bits per heavy atom. The summed E-state index contributed by atoms with van der Waals surface area (Å²) in [7, 11) is -5.46. The predicted molar refractivity (Wildman–Crippen MR) is 173 cm³/mol. The highest BCUT2D eigenvalue weighted by molar-refractivity contribution is 7.89. The maximum Gasteiger partial charge on any atom is 0.339 e. The number of benzene rings is 4. The molecule has 1 unspecified atom stereocenters. The molecule has 9 nitrogen and oxygen atoms in total. The topological polar surface area (TPSA) is 117 Å². The standard InChI is InChI=1S/C36H27F5N2O7S/c37-29-30(38)32(40)34(33(41)31(29)39)51(47,48)43-15-4-7-27(43)35(44)42(18-21-8-10-23(11-9-21)24-14-16-49-20-24)25-12-13-26(36(45)46)28(17-25)50-19-22-5-2-1-3-6-22/h1-3,5-6,8-14,16-17,20,27H,4,7,15,18-19H2,(H,45,46). The molecule has 4 aromatic carbocycles. The van der Waals surface area contributed by atoms with E-state index >= 15 is 0 Å². The number of halogens is 5. The van der Waals surface area contributed by atoms with Crippen molar-refractivity contribution in [3.63, 3.8) is 0 Å². The number of amides is 1. The van der Waals surface area contributed by atoms with Crippen LogP contribution in [0.25, 0.3) is 11.1 Å². The van der Waals surface area contributed by atoms with Crippen LogP contribution < -0.4 is 9.64 Å². The van der Waals surface area contributed by atoms with Gasteiger partial charge in [-0.3, -0.25) is 4.79 Å². The van der Waals surface area contributed by atoms with Crippen LogP contribution in [-0.4, -0.2) is 42.3 Å². The molecule has 2 heterocycles. The number of carbonyl (C=O) groups is 2. The molecule has 264 valence electrons. The van der Waals surface area contributed by atoms with Crippen molar-refractivity contribution >= 4 is 27.6 Å². The van der Waals surface area contributed by atoms with Gasteiger partial charge in [-0.25, -0.2) is 35.2 Å². The molecule has 6 rings (SSSR count). The van der Waals surface area contributed by atoms with Crippen LogP contribution in [0.4, 0.5) is 27.6 Å². The number of carboxylic acids is 1. The van der Waals surface area contributed by atoms with Crippen LogP contribution in [0.1, 0.15) is 34.3 Å². The number of anilines is 1. The molecule has 1 amide bonds. The Morgan fingerprint density at radius 1 is 0.843 bits per heavy atom. The molecule has 1 aliphatic heterocycles. The SMILES string of the molecule is O=C(O)c1ccc(N(Cc2ccc(-c3ccoc3)cc2)C(=O)C2CCCN2S(=O)(=O)c2c(F)c(F)c(F)c(F)c2F)cc1OCc1ccccc1. The van der Waals surface area contributed by atoms with Crippen molar-refractivity contribution in [1.29, 1.82) is 0 Å². The quantitative estimate of drug-likeness (QED) is 0.0863. The summed E-state index contributed by atoms with van der Waals surface area (Å²) in [6, 6.07) is 19.6. The minimum Gasteiger partial charge on any atom is -0.488 e. The Labute approximate surface area is 288 Å². The number of carbonyl (C=O) groups excluding carboxylic acids is 1. The Kier molecular flexibility index (Phi) is 9.94. The lowest BCUT2D eigenvalue weighted by Gasteiger charge is -2.30. The Balaban J connectivity index is 1.40. The minimum absolute atomic E-state index is 0.0155. The Hall–Kier alpha value is -5.54. The first-order valence-electron chi connectivity index (χ1n) is 15.4. The summed E-state index contributed by atoms with van der Waals surface area (Å²) in [5.74, 6) is -14.9. The molecule has 51 heavy (non-hydrogen) atoms. The van der Waals surface area contributed by atoms with E-state index in [0.717, 1.165) is 16.0 Å². The van der Waals surface area contributed by atoms with E-state index in [2.05, 4.69) is 0 Å². The number of sulfonamides is 1. The lowest BCUT2D eigenvalue weighted by molar-refractivity contribution is -0.121. The summed E-state index contributed by atoms with van der Waals surface area (Å²) in [6.07, 6.45) is 2.89. The fourth-order valence-electron chi connectivity index (χ4n) is 5.80. The van der Waals surface area contributed by atoms with Crippen molar-refractivity contribution in [3.8, 4) is 16.9 Å². The van der Waals surface area contributed by atoms with E-state index in [9.17, 15) is 45.1 Å². The van der Waals surface area contributed by atoms with Crippen LogP contribution in [0.15, 0.2) is 101 Å². The van der Waals surface area contributed by atoms with Crippen LogP contribution in [0.5, 0.6) is 5.75 Å². The van der Waals surface area contributed by atoms with E-state index in [0.29, 0.717) is 15.4 Å².